The predicted octanol–water partition coefficient (Wildman–Crippen LogP) is 4.78. The number of rotatable bonds is 9. The third-order valence-electron chi connectivity index (χ3n) is 5.82. The van der Waals surface area contributed by atoms with Crippen molar-refractivity contribution in [1.29, 1.82) is 0 Å². The Morgan fingerprint density at radius 2 is 1.71 bits per heavy atom. The van der Waals surface area contributed by atoms with Gasteiger partial charge in [-0.1, -0.05) is 13.8 Å². The molecule has 0 aliphatic rings. The van der Waals surface area contributed by atoms with Gasteiger partial charge in [-0.15, -0.1) is 0 Å². The summed E-state index contributed by atoms with van der Waals surface area (Å²) in [5.41, 5.74) is 6.71. The molecular formula is C25H34N4O2. The zero-order valence-electron chi connectivity index (χ0n) is 19.7. The molecule has 0 spiro atoms. The minimum atomic E-state index is 0.0979. The number of aromatic nitrogens is 3. The minimum absolute atomic E-state index is 0.0979. The number of benzene rings is 1. The number of carbonyl (C=O) groups is 1. The summed E-state index contributed by atoms with van der Waals surface area (Å²) in [6, 6.07) is 7.96. The maximum Gasteiger partial charge on any atom is 0.227 e. The maximum atomic E-state index is 13.0. The van der Waals surface area contributed by atoms with Crippen molar-refractivity contribution in [3.8, 4) is 17.0 Å². The van der Waals surface area contributed by atoms with Crippen LogP contribution in [0.15, 0.2) is 24.3 Å². The maximum absolute atomic E-state index is 13.0. The van der Waals surface area contributed by atoms with E-state index >= 15 is 0 Å². The number of carbonyl (C=O) groups excluding carboxylic acids is 1. The first-order chi connectivity index (χ1) is 14.9. The Morgan fingerprint density at radius 1 is 1.03 bits per heavy atom. The van der Waals surface area contributed by atoms with Crippen molar-refractivity contribution in [2.24, 2.45) is 0 Å². The van der Waals surface area contributed by atoms with Gasteiger partial charge in [-0.3, -0.25) is 4.79 Å². The second-order valence-electron chi connectivity index (χ2n) is 7.79. The first-order valence-electron chi connectivity index (χ1n) is 11.3. The highest BCUT2D eigenvalue weighted by Crippen LogP contribution is 2.30. The van der Waals surface area contributed by atoms with Gasteiger partial charge in [-0.05, 0) is 70.4 Å². The van der Waals surface area contributed by atoms with Crippen molar-refractivity contribution < 1.29 is 9.53 Å². The smallest absolute Gasteiger partial charge is 0.227 e. The third-order valence-corrected chi connectivity index (χ3v) is 5.82. The van der Waals surface area contributed by atoms with E-state index < -0.39 is 0 Å². The van der Waals surface area contributed by atoms with Crippen molar-refractivity contribution in [1.82, 2.24) is 19.5 Å². The lowest BCUT2D eigenvalue weighted by Crippen LogP contribution is -2.31. The summed E-state index contributed by atoms with van der Waals surface area (Å²) < 4.78 is 7.64. The average molecular weight is 423 g/mol. The molecule has 2 aromatic heterocycles. The molecule has 1 amide bonds. The van der Waals surface area contributed by atoms with Gasteiger partial charge >= 0.3 is 0 Å². The molecule has 3 aromatic rings. The van der Waals surface area contributed by atoms with Gasteiger partial charge in [0, 0.05) is 35.6 Å². The van der Waals surface area contributed by atoms with Crippen LogP contribution in [-0.2, 0) is 17.6 Å². The minimum Gasteiger partial charge on any atom is -0.494 e. The lowest BCUT2D eigenvalue weighted by atomic mass is 10.0. The lowest BCUT2D eigenvalue weighted by Gasteiger charge is -2.18. The molecule has 0 saturated carbocycles. The van der Waals surface area contributed by atoms with Crippen molar-refractivity contribution in [2.75, 3.05) is 19.7 Å². The molecule has 0 N–H and O–H groups in total. The highest BCUT2D eigenvalue weighted by atomic mass is 16.5. The van der Waals surface area contributed by atoms with E-state index in [2.05, 4.69) is 20.8 Å². The third kappa shape index (κ3) is 4.58. The molecule has 0 unspecified atom stereocenters. The first kappa shape index (κ1) is 22.8. The number of fused-ring (bicyclic) bond motifs is 1. The fourth-order valence-corrected chi connectivity index (χ4v) is 4.08. The van der Waals surface area contributed by atoms with Crippen LogP contribution in [0.1, 0.15) is 56.6 Å². The van der Waals surface area contributed by atoms with Crippen LogP contribution in [0.2, 0.25) is 0 Å². The summed E-state index contributed by atoms with van der Waals surface area (Å²) in [6.45, 7) is 14.4. The van der Waals surface area contributed by atoms with E-state index in [9.17, 15) is 4.79 Å². The topological polar surface area (TPSA) is 59.7 Å². The van der Waals surface area contributed by atoms with Crippen LogP contribution in [0.5, 0.6) is 5.75 Å². The van der Waals surface area contributed by atoms with E-state index in [4.69, 9.17) is 14.8 Å². The summed E-state index contributed by atoms with van der Waals surface area (Å²) in [4.78, 5) is 19.7. The van der Waals surface area contributed by atoms with Gasteiger partial charge in [0.25, 0.3) is 0 Å². The van der Waals surface area contributed by atoms with Crippen LogP contribution in [0.3, 0.4) is 0 Å². The zero-order valence-corrected chi connectivity index (χ0v) is 19.7. The fourth-order valence-electron chi connectivity index (χ4n) is 4.08. The van der Waals surface area contributed by atoms with Gasteiger partial charge in [0.05, 0.1) is 18.7 Å². The van der Waals surface area contributed by atoms with E-state index in [-0.39, 0.29) is 12.3 Å². The molecule has 0 saturated heterocycles. The van der Waals surface area contributed by atoms with E-state index in [1.807, 2.05) is 54.5 Å². The molecule has 166 valence electrons. The molecule has 31 heavy (non-hydrogen) atoms. The molecule has 0 atom stereocenters. The molecule has 0 radical (unpaired) electrons. The highest BCUT2D eigenvalue weighted by Gasteiger charge is 2.23. The number of ether oxygens (including phenoxy) is 1. The Hall–Kier alpha value is -2.89. The normalized spacial score (nSPS) is 11.2. The molecule has 6 nitrogen and oxygen atoms in total. The molecule has 3 rings (SSSR count). The molecular weight excluding hydrogens is 388 g/mol. The largest absolute Gasteiger partial charge is 0.494 e. The number of nitrogens with zero attached hydrogens (tertiary/aromatic N) is 4. The van der Waals surface area contributed by atoms with Gasteiger partial charge in [0.1, 0.15) is 5.75 Å². The lowest BCUT2D eigenvalue weighted by molar-refractivity contribution is -0.130. The van der Waals surface area contributed by atoms with Gasteiger partial charge in [-0.2, -0.15) is 5.10 Å². The monoisotopic (exact) mass is 422 g/mol. The molecule has 0 aliphatic heterocycles. The summed E-state index contributed by atoms with van der Waals surface area (Å²) in [6.07, 6.45) is 2.15. The van der Waals surface area contributed by atoms with Gasteiger partial charge < -0.3 is 9.64 Å². The number of aryl methyl sites for hydroxylation is 2. The van der Waals surface area contributed by atoms with Crippen LogP contribution in [0.25, 0.3) is 16.9 Å². The first-order valence-corrected chi connectivity index (χ1v) is 11.3. The van der Waals surface area contributed by atoms with Gasteiger partial charge in [0.2, 0.25) is 5.91 Å². The second-order valence-corrected chi connectivity index (χ2v) is 7.79. The molecule has 1 aromatic carbocycles. The Morgan fingerprint density at radius 3 is 2.29 bits per heavy atom. The molecule has 6 heteroatoms. The standard InChI is InChI=1S/C25H34N4O2/c1-7-15-31-20-13-11-19(12-14-20)24-22(16-23(30)28(9-3)10-4)25-26-17(5)21(8-2)18(6)29(25)27-24/h11-14H,7-10,15-16H2,1-6H3. The summed E-state index contributed by atoms with van der Waals surface area (Å²) >= 11 is 0. The number of hydrogen-bond acceptors (Lipinski definition) is 4. The van der Waals surface area contributed by atoms with Gasteiger partial charge in [-0.25, -0.2) is 9.50 Å². The van der Waals surface area contributed by atoms with Crippen molar-refractivity contribution in [3.05, 3.63) is 46.8 Å². The second kappa shape index (κ2) is 9.94. The Balaban J connectivity index is 2.14. The van der Waals surface area contributed by atoms with Crippen LogP contribution < -0.4 is 4.74 Å². The molecule has 0 fully saturated rings. The number of hydrogen-bond donors (Lipinski definition) is 0. The number of likely N-dealkylation sites (N-methyl/N-ethyl adjacent to an activating group) is 1. The van der Waals surface area contributed by atoms with Crippen molar-refractivity contribution in [3.63, 3.8) is 0 Å². The fraction of sp³-hybridized carbons (Fsp3) is 0.480. The van der Waals surface area contributed by atoms with E-state index in [1.165, 1.54) is 5.56 Å². The van der Waals surface area contributed by atoms with E-state index in [0.29, 0.717) is 19.7 Å². The van der Waals surface area contributed by atoms with Gasteiger partial charge in [0.15, 0.2) is 5.65 Å². The predicted molar refractivity (Wildman–Crippen MR) is 125 cm³/mol. The quantitative estimate of drug-likeness (QED) is 0.498. The van der Waals surface area contributed by atoms with Crippen molar-refractivity contribution >= 4 is 11.6 Å². The van der Waals surface area contributed by atoms with Crippen LogP contribution in [-0.4, -0.2) is 45.1 Å². The SMILES string of the molecule is CCCOc1ccc(-c2nn3c(C)c(CC)c(C)nc3c2CC(=O)N(CC)CC)cc1. The van der Waals surface area contributed by atoms with E-state index in [0.717, 1.165) is 52.4 Å². The van der Waals surface area contributed by atoms with E-state index in [1.54, 1.807) is 0 Å². The Bertz CT molecular complexity index is 1050. The van der Waals surface area contributed by atoms with Crippen molar-refractivity contribution in [2.45, 2.75) is 60.8 Å². The van der Waals surface area contributed by atoms with Crippen LogP contribution in [0.4, 0.5) is 0 Å². The Kier molecular flexibility index (Phi) is 7.31. The molecule has 0 bridgehead atoms. The zero-order chi connectivity index (χ0) is 22.5. The molecule has 0 aliphatic carbocycles. The average Bonchev–Trinajstić information content (AvgIpc) is 3.12. The molecule has 2 heterocycles. The summed E-state index contributed by atoms with van der Waals surface area (Å²) in [7, 11) is 0. The van der Waals surface area contributed by atoms with Crippen LogP contribution in [0, 0.1) is 13.8 Å². The number of amides is 1. The van der Waals surface area contributed by atoms with Crippen LogP contribution >= 0.6 is 0 Å². The summed E-state index contributed by atoms with van der Waals surface area (Å²) in [5, 5.41) is 4.93. The Labute approximate surface area is 185 Å². The summed E-state index contributed by atoms with van der Waals surface area (Å²) in [5.74, 6) is 0.939. The highest BCUT2D eigenvalue weighted by molar-refractivity contribution is 5.84.